The molecule has 1 aromatic carbocycles. The second-order valence-corrected chi connectivity index (χ2v) is 10.1. The van der Waals surface area contributed by atoms with E-state index in [-0.39, 0.29) is 72.2 Å². The molecule has 0 spiro atoms. The number of aromatic nitrogens is 1. The van der Waals surface area contributed by atoms with Crippen molar-refractivity contribution in [2.24, 2.45) is 0 Å². The van der Waals surface area contributed by atoms with Crippen LogP contribution in [0.4, 0.5) is 10.5 Å². The van der Waals surface area contributed by atoms with Crippen molar-refractivity contribution in [2.45, 2.75) is 33.3 Å². The number of hydrogen-bond acceptors (Lipinski definition) is 9. The first-order chi connectivity index (χ1) is 17.6. The van der Waals surface area contributed by atoms with Gasteiger partial charge in [0.05, 0.1) is 30.9 Å². The van der Waals surface area contributed by atoms with Gasteiger partial charge in [-0.3, -0.25) is 0 Å². The van der Waals surface area contributed by atoms with Crippen LogP contribution in [0, 0.1) is 0 Å². The Morgan fingerprint density at radius 2 is 1.86 bits per heavy atom. The second kappa shape index (κ2) is 15.2. The van der Waals surface area contributed by atoms with Crippen molar-refractivity contribution in [1.82, 2.24) is 9.71 Å². The van der Waals surface area contributed by atoms with Crippen LogP contribution in [-0.2, 0) is 24.4 Å². The van der Waals surface area contributed by atoms with Gasteiger partial charge in [-0.15, -0.1) is 0 Å². The molecule has 1 N–H and O–H groups in total. The minimum Gasteiger partial charge on any atom is -0.489 e. The van der Waals surface area contributed by atoms with Crippen molar-refractivity contribution < 1.29 is 36.9 Å². The van der Waals surface area contributed by atoms with Crippen LogP contribution < -0.4 is 18.5 Å². The van der Waals surface area contributed by atoms with E-state index in [0.717, 1.165) is 0 Å². The van der Waals surface area contributed by atoms with Crippen LogP contribution in [0.2, 0.25) is 10.0 Å². The maximum Gasteiger partial charge on any atom is 0.429 e. The normalized spacial score (nSPS) is 11.4. The number of benzene rings is 1. The summed E-state index contributed by atoms with van der Waals surface area (Å²) in [7, 11) is -3.04. The fraction of sp³-hybridized carbons (Fsp3) is 0.478. The molecule has 11 nitrogen and oxygen atoms in total. The number of methoxy groups -OCH3 is 1. The van der Waals surface area contributed by atoms with E-state index in [4.69, 9.17) is 46.9 Å². The Labute approximate surface area is 227 Å². The molecule has 0 unspecified atom stereocenters. The van der Waals surface area contributed by atoms with E-state index >= 15 is 0 Å². The number of nitrogens with zero attached hydrogens (tertiary/aromatic N) is 2. The Kier molecular flexibility index (Phi) is 12.6. The third-order valence-corrected chi connectivity index (χ3v) is 6.22. The quantitative estimate of drug-likeness (QED) is 0.295. The Balaban J connectivity index is 2.60. The van der Waals surface area contributed by atoms with Crippen molar-refractivity contribution in [3.8, 4) is 17.4 Å². The van der Waals surface area contributed by atoms with Gasteiger partial charge in [0.2, 0.25) is 5.88 Å². The monoisotopic (exact) mass is 579 g/mol. The van der Waals surface area contributed by atoms with E-state index in [2.05, 4.69) is 9.71 Å². The Morgan fingerprint density at radius 3 is 2.51 bits per heavy atom. The number of para-hydroxylation sites is 1. The van der Waals surface area contributed by atoms with Crippen molar-refractivity contribution >= 4 is 45.2 Å². The van der Waals surface area contributed by atoms with Crippen LogP contribution in [-0.4, -0.2) is 65.7 Å². The lowest BCUT2D eigenvalue weighted by Crippen LogP contribution is -2.46. The van der Waals surface area contributed by atoms with Gasteiger partial charge in [0.1, 0.15) is 23.1 Å². The zero-order chi connectivity index (χ0) is 27.4. The van der Waals surface area contributed by atoms with Gasteiger partial charge in [0.15, 0.2) is 5.75 Å². The molecule has 0 atom stereocenters. The van der Waals surface area contributed by atoms with Gasteiger partial charge in [-0.1, -0.05) is 36.2 Å². The summed E-state index contributed by atoms with van der Waals surface area (Å²) in [5.41, 5.74) is -0.246. The number of ether oxygens (including phenoxy) is 5. The van der Waals surface area contributed by atoms with E-state index in [1.165, 1.54) is 31.5 Å². The first-order valence-electron chi connectivity index (χ1n) is 11.4. The number of halogens is 2. The van der Waals surface area contributed by atoms with Crippen LogP contribution >= 0.6 is 23.2 Å². The smallest absolute Gasteiger partial charge is 0.429 e. The minimum absolute atomic E-state index is 0.0110. The summed E-state index contributed by atoms with van der Waals surface area (Å²) >= 11 is 12.1. The van der Waals surface area contributed by atoms with Crippen LogP contribution in [0.5, 0.6) is 17.4 Å². The highest BCUT2D eigenvalue weighted by atomic mass is 35.5. The van der Waals surface area contributed by atoms with Crippen LogP contribution in [0.1, 0.15) is 27.2 Å². The third-order valence-electron chi connectivity index (χ3n) is 4.36. The van der Waals surface area contributed by atoms with E-state index < -0.39 is 16.3 Å². The molecule has 1 amide bonds. The molecule has 1 heterocycles. The molecule has 0 fully saturated rings. The zero-order valence-electron chi connectivity index (χ0n) is 21.0. The fourth-order valence-corrected chi connectivity index (χ4v) is 4.36. The maximum atomic E-state index is 13.4. The number of anilines is 1. The third kappa shape index (κ3) is 9.47. The van der Waals surface area contributed by atoms with Crippen LogP contribution in [0.3, 0.4) is 0 Å². The molecule has 1 aromatic heterocycles. The van der Waals surface area contributed by atoms with E-state index in [9.17, 15) is 13.2 Å². The standard InChI is InChI=1S/C23H31Cl2N3O8S/c1-5-10-35-23(29)28(37(30,31)27-9-11-33-16(2)3)21-19(34-13-12-32-4)7-6-8-20(21)36-22-18(25)14-17(24)15-26-22/h6-8,14-16,27H,5,9-13H2,1-4H3. The lowest BCUT2D eigenvalue weighted by molar-refractivity contribution is 0.0833. The molecule has 37 heavy (non-hydrogen) atoms. The van der Waals surface area contributed by atoms with Gasteiger partial charge in [0, 0.05) is 19.9 Å². The number of rotatable bonds is 15. The summed E-state index contributed by atoms with van der Waals surface area (Å²) in [6.07, 6.45) is 0.500. The summed E-state index contributed by atoms with van der Waals surface area (Å²) in [5, 5.41) is 0.338. The molecule has 0 aliphatic rings. The van der Waals surface area contributed by atoms with Gasteiger partial charge in [-0.05, 0) is 38.5 Å². The van der Waals surface area contributed by atoms with Crippen molar-refractivity contribution in [2.75, 3.05) is 44.4 Å². The molecule has 14 heteroatoms. The molecule has 0 saturated heterocycles. The number of pyridine rings is 1. The van der Waals surface area contributed by atoms with Crippen LogP contribution in [0.15, 0.2) is 30.5 Å². The molecule has 0 radical (unpaired) electrons. The number of nitrogens with one attached hydrogen (secondary N) is 1. The lowest BCUT2D eigenvalue weighted by atomic mass is 10.2. The number of hydrogen-bond donors (Lipinski definition) is 1. The number of amides is 1. The molecule has 0 aliphatic carbocycles. The van der Waals surface area contributed by atoms with Gasteiger partial charge in [-0.2, -0.15) is 17.4 Å². The van der Waals surface area contributed by atoms with E-state index in [1.54, 1.807) is 13.0 Å². The summed E-state index contributed by atoms with van der Waals surface area (Å²) in [5.74, 6) is -0.153. The van der Waals surface area contributed by atoms with Gasteiger partial charge < -0.3 is 23.7 Å². The number of carbonyl (C=O) groups is 1. The fourth-order valence-electron chi connectivity index (χ4n) is 2.80. The highest BCUT2D eigenvalue weighted by Gasteiger charge is 2.36. The van der Waals surface area contributed by atoms with Gasteiger partial charge >= 0.3 is 16.3 Å². The molecule has 0 bridgehead atoms. The molecule has 2 rings (SSSR count). The van der Waals surface area contributed by atoms with Gasteiger partial charge in [-0.25, -0.2) is 9.78 Å². The molecular formula is C23H31Cl2N3O8S. The summed E-state index contributed by atoms with van der Waals surface area (Å²) in [6, 6.07) is 5.87. The molecule has 0 saturated carbocycles. The SMILES string of the molecule is CCCOC(=O)N(c1c(OCCOC)cccc1Oc1ncc(Cl)cc1Cl)S(=O)(=O)NCCOC(C)C. The Hall–Kier alpha value is -2.35. The first kappa shape index (κ1) is 30.9. The number of carbonyl (C=O) groups excluding carboxylic acids is 1. The summed E-state index contributed by atoms with van der Waals surface area (Å²) in [6.45, 7) is 5.62. The molecule has 0 aliphatic heterocycles. The Bertz CT molecular complexity index is 1130. The summed E-state index contributed by atoms with van der Waals surface area (Å²) in [4.78, 5) is 17.2. The Morgan fingerprint density at radius 1 is 1.14 bits per heavy atom. The van der Waals surface area contributed by atoms with Gasteiger partial charge in [0.25, 0.3) is 0 Å². The van der Waals surface area contributed by atoms with Crippen molar-refractivity contribution in [3.05, 3.63) is 40.5 Å². The molecule has 206 valence electrons. The predicted octanol–water partition coefficient (Wildman–Crippen LogP) is 4.82. The van der Waals surface area contributed by atoms with E-state index in [0.29, 0.717) is 10.7 Å². The largest absolute Gasteiger partial charge is 0.489 e. The van der Waals surface area contributed by atoms with Crippen molar-refractivity contribution in [3.63, 3.8) is 0 Å². The maximum absolute atomic E-state index is 13.4. The average Bonchev–Trinajstić information content (AvgIpc) is 2.83. The minimum atomic E-state index is -4.52. The zero-order valence-corrected chi connectivity index (χ0v) is 23.4. The topological polar surface area (TPSA) is 126 Å². The highest BCUT2D eigenvalue weighted by Crippen LogP contribution is 2.42. The predicted molar refractivity (Wildman–Crippen MR) is 140 cm³/mol. The highest BCUT2D eigenvalue weighted by molar-refractivity contribution is 7.91. The molecule has 2 aromatic rings. The lowest BCUT2D eigenvalue weighted by Gasteiger charge is -2.26. The van der Waals surface area contributed by atoms with Crippen molar-refractivity contribution in [1.29, 1.82) is 0 Å². The summed E-state index contributed by atoms with van der Waals surface area (Å²) < 4.78 is 56.9. The average molecular weight is 580 g/mol. The van der Waals surface area contributed by atoms with Crippen LogP contribution in [0.25, 0.3) is 0 Å². The first-order valence-corrected chi connectivity index (χ1v) is 13.6. The molecular weight excluding hydrogens is 549 g/mol. The second-order valence-electron chi connectivity index (χ2n) is 7.68. The van der Waals surface area contributed by atoms with E-state index in [1.807, 2.05) is 13.8 Å².